The third-order valence-electron chi connectivity index (χ3n) is 1.84. The highest BCUT2D eigenvalue weighted by Gasteiger charge is 2.30. The molecule has 13 heavy (non-hydrogen) atoms. The van der Waals surface area contributed by atoms with E-state index in [0.717, 1.165) is 6.08 Å². The Labute approximate surface area is 75.4 Å². The molecule has 5 nitrogen and oxygen atoms in total. The molecule has 0 amide bonds. The highest BCUT2D eigenvalue weighted by atomic mass is 16.5. The normalized spacial score (nSPS) is 26.8. The van der Waals surface area contributed by atoms with Gasteiger partial charge in [0.15, 0.2) is 0 Å². The van der Waals surface area contributed by atoms with Crippen molar-refractivity contribution in [1.82, 2.24) is 5.32 Å². The molecule has 0 aliphatic carbocycles. The minimum absolute atomic E-state index is 0.314. The number of carboxylic acids is 1. The van der Waals surface area contributed by atoms with Crippen molar-refractivity contribution in [1.29, 1.82) is 0 Å². The van der Waals surface area contributed by atoms with Crippen LogP contribution in [0.25, 0.3) is 0 Å². The van der Waals surface area contributed by atoms with Crippen molar-refractivity contribution >= 4 is 11.9 Å². The molecule has 1 aliphatic rings. The number of nitrogens with one attached hydrogen (secondary N) is 1. The first-order chi connectivity index (χ1) is 6.13. The lowest BCUT2D eigenvalue weighted by Crippen LogP contribution is -2.30. The maximum absolute atomic E-state index is 10.7. The lowest BCUT2D eigenvalue weighted by Gasteiger charge is -2.07. The fourth-order valence-corrected chi connectivity index (χ4v) is 1.19. The van der Waals surface area contributed by atoms with E-state index in [2.05, 4.69) is 11.9 Å². The first-order valence-electron chi connectivity index (χ1n) is 3.92. The number of carbonyl (C=O) groups is 2. The van der Waals surface area contributed by atoms with Crippen molar-refractivity contribution in [2.24, 2.45) is 0 Å². The van der Waals surface area contributed by atoms with Crippen molar-refractivity contribution in [3.63, 3.8) is 0 Å². The summed E-state index contributed by atoms with van der Waals surface area (Å²) in [7, 11) is 0. The zero-order chi connectivity index (χ0) is 9.84. The van der Waals surface area contributed by atoms with Gasteiger partial charge in [-0.1, -0.05) is 6.58 Å². The molecule has 2 N–H and O–H groups in total. The van der Waals surface area contributed by atoms with Crippen molar-refractivity contribution in [3.8, 4) is 0 Å². The van der Waals surface area contributed by atoms with Gasteiger partial charge >= 0.3 is 11.9 Å². The summed E-state index contributed by atoms with van der Waals surface area (Å²) in [6, 6.07) is -0.609. The number of carboxylic acid groups (broad SMARTS) is 1. The zero-order valence-electron chi connectivity index (χ0n) is 7.03. The Bertz CT molecular complexity index is 238. The Morgan fingerprint density at radius 3 is 2.77 bits per heavy atom. The second kappa shape index (κ2) is 4.04. The highest BCUT2D eigenvalue weighted by Crippen LogP contribution is 2.10. The summed E-state index contributed by atoms with van der Waals surface area (Å²) in [5.41, 5.74) is 0. The molecule has 1 aliphatic heterocycles. The quantitative estimate of drug-likeness (QED) is 0.459. The summed E-state index contributed by atoms with van der Waals surface area (Å²) in [5, 5.41) is 11.3. The van der Waals surface area contributed by atoms with Gasteiger partial charge in [0.25, 0.3) is 0 Å². The van der Waals surface area contributed by atoms with Crippen LogP contribution in [0.1, 0.15) is 6.42 Å². The summed E-state index contributed by atoms with van der Waals surface area (Å²) in [5.74, 6) is -1.44. The smallest absolute Gasteiger partial charge is 0.330 e. The fourth-order valence-electron chi connectivity index (χ4n) is 1.19. The molecule has 1 rings (SSSR count). The van der Waals surface area contributed by atoms with Gasteiger partial charge in [-0.2, -0.15) is 0 Å². The maximum Gasteiger partial charge on any atom is 0.330 e. The number of carbonyl (C=O) groups excluding carboxylic acids is 1. The lowest BCUT2D eigenvalue weighted by atomic mass is 10.2. The van der Waals surface area contributed by atoms with Crippen LogP contribution in [-0.2, 0) is 14.3 Å². The summed E-state index contributed by atoms with van der Waals surface area (Å²) >= 11 is 0. The topological polar surface area (TPSA) is 75.6 Å². The van der Waals surface area contributed by atoms with Crippen LogP contribution in [0, 0.1) is 0 Å². The average molecular weight is 185 g/mol. The molecule has 0 aromatic rings. The second-order valence-electron chi connectivity index (χ2n) is 2.80. The van der Waals surface area contributed by atoms with E-state index in [0.29, 0.717) is 13.0 Å². The number of aliphatic carboxylic acids is 1. The molecule has 0 saturated carbocycles. The Balaban J connectivity index is 2.37. The summed E-state index contributed by atoms with van der Waals surface area (Å²) < 4.78 is 4.86. The van der Waals surface area contributed by atoms with Gasteiger partial charge in [0.1, 0.15) is 12.1 Å². The SMILES string of the molecule is C=CC(=O)O[C@H]1CN[C@H](C(=O)O)C1. The number of hydrogen-bond acceptors (Lipinski definition) is 4. The Morgan fingerprint density at radius 1 is 1.62 bits per heavy atom. The molecule has 1 heterocycles. The summed E-state index contributed by atoms with van der Waals surface area (Å²) in [6.45, 7) is 3.63. The second-order valence-corrected chi connectivity index (χ2v) is 2.80. The van der Waals surface area contributed by atoms with Gasteiger partial charge in [-0.25, -0.2) is 4.79 Å². The molecule has 0 aromatic heterocycles. The largest absolute Gasteiger partial charge is 0.480 e. The van der Waals surface area contributed by atoms with Gasteiger partial charge in [-0.15, -0.1) is 0 Å². The predicted octanol–water partition coefficient (Wildman–Crippen LogP) is -0.469. The molecule has 0 spiro atoms. The van der Waals surface area contributed by atoms with Crippen LogP contribution in [0.4, 0.5) is 0 Å². The molecule has 0 radical (unpaired) electrons. The van der Waals surface area contributed by atoms with E-state index in [1.807, 2.05) is 0 Å². The van der Waals surface area contributed by atoms with Crippen LogP contribution >= 0.6 is 0 Å². The number of hydrogen-bond donors (Lipinski definition) is 2. The molecule has 0 aromatic carbocycles. The van der Waals surface area contributed by atoms with E-state index in [1.54, 1.807) is 0 Å². The molecular weight excluding hydrogens is 174 g/mol. The van der Waals surface area contributed by atoms with Gasteiger partial charge in [0, 0.05) is 19.0 Å². The number of esters is 1. The Kier molecular flexibility index (Phi) is 3.02. The van der Waals surface area contributed by atoms with Gasteiger partial charge in [0.2, 0.25) is 0 Å². The Hall–Kier alpha value is -1.36. The number of rotatable bonds is 3. The van der Waals surface area contributed by atoms with Crippen molar-refractivity contribution in [2.45, 2.75) is 18.6 Å². The van der Waals surface area contributed by atoms with Crippen LogP contribution in [-0.4, -0.2) is 35.7 Å². The van der Waals surface area contributed by atoms with Gasteiger partial charge in [-0.3, -0.25) is 4.79 Å². The molecule has 1 fully saturated rings. The van der Waals surface area contributed by atoms with Crippen LogP contribution in [0.15, 0.2) is 12.7 Å². The van der Waals surface area contributed by atoms with E-state index in [4.69, 9.17) is 9.84 Å². The fraction of sp³-hybridized carbons (Fsp3) is 0.500. The van der Waals surface area contributed by atoms with Gasteiger partial charge in [-0.05, 0) is 0 Å². The molecule has 72 valence electrons. The number of ether oxygens (including phenoxy) is 1. The lowest BCUT2D eigenvalue weighted by molar-refractivity contribution is -0.144. The monoisotopic (exact) mass is 185 g/mol. The van der Waals surface area contributed by atoms with Crippen molar-refractivity contribution in [3.05, 3.63) is 12.7 Å². The first kappa shape index (κ1) is 9.73. The maximum atomic E-state index is 10.7. The van der Waals surface area contributed by atoms with E-state index in [9.17, 15) is 9.59 Å². The van der Waals surface area contributed by atoms with E-state index in [1.165, 1.54) is 0 Å². The summed E-state index contributed by atoms with van der Waals surface area (Å²) in [4.78, 5) is 21.2. The molecule has 1 saturated heterocycles. The molecule has 5 heteroatoms. The third-order valence-corrected chi connectivity index (χ3v) is 1.84. The molecule has 0 bridgehead atoms. The van der Waals surface area contributed by atoms with E-state index >= 15 is 0 Å². The van der Waals surface area contributed by atoms with E-state index < -0.39 is 18.0 Å². The van der Waals surface area contributed by atoms with Crippen LogP contribution in [0.2, 0.25) is 0 Å². The van der Waals surface area contributed by atoms with Crippen LogP contribution in [0.3, 0.4) is 0 Å². The standard InChI is InChI=1S/C8H11NO4/c1-2-7(10)13-5-3-6(8(11)12)9-4-5/h2,5-6,9H,1,3-4H2,(H,11,12)/t5-,6+/m1/s1. The van der Waals surface area contributed by atoms with Crippen molar-refractivity contribution < 1.29 is 19.4 Å². The minimum atomic E-state index is -0.919. The first-order valence-corrected chi connectivity index (χ1v) is 3.92. The Morgan fingerprint density at radius 2 is 2.31 bits per heavy atom. The third kappa shape index (κ3) is 2.55. The molecular formula is C8H11NO4. The minimum Gasteiger partial charge on any atom is -0.480 e. The summed E-state index contributed by atoms with van der Waals surface area (Å²) in [6.07, 6.45) is 1.02. The van der Waals surface area contributed by atoms with Crippen LogP contribution < -0.4 is 5.32 Å². The van der Waals surface area contributed by atoms with Crippen molar-refractivity contribution in [2.75, 3.05) is 6.54 Å². The predicted molar refractivity (Wildman–Crippen MR) is 44.1 cm³/mol. The van der Waals surface area contributed by atoms with E-state index in [-0.39, 0.29) is 6.10 Å². The van der Waals surface area contributed by atoms with Crippen LogP contribution in [0.5, 0.6) is 0 Å². The molecule has 0 unspecified atom stereocenters. The molecule has 2 atom stereocenters. The van der Waals surface area contributed by atoms with Gasteiger partial charge < -0.3 is 15.2 Å². The highest BCUT2D eigenvalue weighted by molar-refractivity contribution is 5.81. The zero-order valence-corrected chi connectivity index (χ0v) is 7.03. The average Bonchev–Trinajstić information content (AvgIpc) is 2.52. The van der Waals surface area contributed by atoms with Gasteiger partial charge in [0.05, 0.1) is 0 Å².